The molecule has 0 radical (unpaired) electrons. The lowest BCUT2D eigenvalue weighted by Crippen LogP contribution is -2.37. The van der Waals surface area contributed by atoms with Gasteiger partial charge in [0.25, 0.3) is 0 Å². The number of hydrogen-bond donors (Lipinski definition) is 1. The first-order chi connectivity index (χ1) is 11.3. The minimum absolute atomic E-state index is 0.0804. The van der Waals surface area contributed by atoms with E-state index in [9.17, 15) is 15.1 Å². The number of nitrogens with zero attached hydrogens (tertiary/aromatic N) is 1. The van der Waals surface area contributed by atoms with E-state index in [1.165, 1.54) is 6.20 Å². The van der Waals surface area contributed by atoms with Crippen LogP contribution >= 0.6 is 0 Å². The summed E-state index contributed by atoms with van der Waals surface area (Å²) in [5, 5.41) is 22.5. The van der Waals surface area contributed by atoms with Crippen LogP contribution in [0.25, 0.3) is 16.8 Å². The highest BCUT2D eigenvalue weighted by Crippen LogP contribution is 2.35. The summed E-state index contributed by atoms with van der Waals surface area (Å²) in [5.41, 5.74) is 1.98. The number of Topliss-reactive ketones (excluding diaryl/α,β-unsaturated/α-hetero) is 1. The normalized spacial score (nSPS) is 17.2. The van der Waals surface area contributed by atoms with Crippen LogP contribution in [-0.2, 0) is 9.53 Å². The highest BCUT2D eigenvalue weighted by atomic mass is 16.5. The van der Waals surface area contributed by atoms with Gasteiger partial charge in [-0.05, 0) is 50.1 Å². The van der Waals surface area contributed by atoms with Gasteiger partial charge in [-0.15, -0.1) is 0 Å². The van der Waals surface area contributed by atoms with Crippen LogP contribution in [0.3, 0.4) is 0 Å². The number of benzene rings is 1. The Hall–Kier alpha value is -2.66. The second-order valence-electron chi connectivity index (χ2n) is 6.39. The van der Waals surface area contributed by atoms with Crippen molar-refractivity contribution in [1.29, 1.82) is 0 Å². The number of rotatable bonds is 2. The third-order valence-corrected chi connectivity index (χ3v) is 4.28. The maximum Gasteiger partial charge on any atom is 0.223 e. The summed E-state index contributed by atoms with van der Waals surface area (Å²) < 4.78 is 6.18. The van der Waals surface area contributed by atoms with Crippen LogP contribution in [0, 0.1) is 12.1 Å². The number of aromatic nitrogens is 1. The van der Waals surface area contributed by atoms with Gasteiger partial charge in [-0.1, -0.05) is 6.07 Å². The van der Waals surface area contributed by atoms with Crippen molar-refractivity contribution >= 4 is 11.4 Å². The van der Waals surface area contributed by atoms with Gasteiger partial charge in [0.2, 0.25) is 5.69 Å². The molecule has 0 saturated heterocycles. The van der Waals surface area contributed by atoms with Gasteiger partial charge in [-0.2, -0.15) is 4.73 Å². The first kappa shape index (κ1) is 16.2. The van der Waals surface area contributed by atoms with Gasteiger partial charge in [0.05, 0.1) is 5.57 Å². The molecule has 2 heterocycles. The van der Waals surface area contributed by atoms with Crippen molar-refractivity contribution in [2.24, 2.45) is 0 Å². The number of aryl methyl sites for hydroxylation is 1. The van der Waals surface area contributed by atoms with Gasteiger partial charge >= 0.3 is 0 Å². The summed E-state index contributed by atoms with van der Waals surface area (Å²) >= 11 is 0. The van der Waals surface area contributed by atoms with E-state index >= 15 is 0 Å². The Labute approximate surface area is 140 Å². The van der Waals surface area contributed by atoms with Crippen molar-refractivity contribution in [1.82, 2.24) is 0 Å². The minimum Gasteiger partial charge on any atom is -0.618 e. The molecule has 0 spiro atoms. The Morgan fingerprint density at radius 2 is 2.00 bits per heavy atom. The predicted octanol–water partition coefficient (Wildman–Crippen LogP) is 2.94. The van der Waals surface area contributed by atoms with E-state index in [1.54, 1.807) is 38.1 Å². The molecule has 24 heavy (non-hydrogen) atoms. The van der Waals surface area contributed by atoms with Crippen LogP contribution < -0.4 is 4.73 Å². The zero-order valence-electron chi connectivity index (χ0n) is 13.9. The van der Waals surface area contributed by atoms with E-state index in [0.717, 1.165) is 10.3 Å². The fourth-order valence-electron chi connectivity index (χ4n) is 2.80. The van der Waals surface area contributed by atoms with E-state index in [1.807, 2.05) is 19.1 Å². The summed E-state index contributed by atoms with van der Waals surface area (Å²) in [4.78, 5) is 12.4. The molecular weight excluding hydrogens is 306 g/mol. The quantitative estimate of drug-likeness (QED) is 0.680. The molecule has 0 saturated carbocycles. The molecule has 1 aliphatic rings. The predicted molar refractivity (Wildman–Crippen MR) is 90.2 cm³/mol. The Balaban J connectivity index is 2.21. The maximum absolute atomic E-state index is 12.4. The van der Waals surface area contributed by atoms with Crippen LogP contribution in [0.2, 0.25) is 0 Å². The van der Waals surface area contributed by atoms with Crippen molar-refractivity contribution in [2.75, 3.05) is 6.61 Å². The van der Waals surface area contributed by atoms with Crippen LogP contribution in [-0.4, -0.2) is 23.1 Å². The fraction of sp³-hybridized carbons (Fsp3) is 0.263. The lowest BCUT2D eigenvalue weighted by Gasteiger charge is -2.31. The number of aliphatic hydroxyl groups excluding tert-OH is 1. The van der Waals surface area contributed by atoms with Gasteiger partial charge in [0.15, 0.2) is 12.0 Å². The second-order valence-corrected chi connectivity index (χ2v) is 6.39. The molecule has 1 aromatic heterocycles. The summed E-state index contributed by atoms with van der Waals surface area (Å²) in [7, 11) is 0. The van der Waals surface area contributed by atoms with E-state index in [0.29, 0.717) is 16.8 Å². The molecule has 5 nitrogen and oxygen atoms in total. The van der Waals surface area contributed by atoms with Gasteiger partial charge in [0, 0.05) is 17.7 Å². The van der Waals surface area contributed by atoms with E-state index in [-0.39, 0.29) is 23.7 Å². The Morgan fingerprint density at radius 1 is 1.25 bits per heavy atom. The average Bonchev–Trinajstić information content (AvgIpc) is 2.54. The van der Waals surface area contributed by atoms with Crippen molar-refractivity contribution in [3.05, 3.63) is 64.7 Å². The molecule has 1 aromatic carbocycles. The third-order valence-electron chi connectivity index (χ3n) is 4.28. The van der Waals surface area contributed by atoms with E-state index < -0.39 is 5.60 Å². The zero-order valence-corrected chi connectivity index (χ0v) is 13.9. The molecular formula is C19H19NO4. The summed E-state index contributed by atoms with van der Waals surface area (Å²) in [6.07, 6.45) is 1.42. The molecule has 124 valence electrons. The standard InChI is InChI=1S/C19H19NO4/c1-12-7-8-13(15-6-4-5-9-20(15)23)10-14(12)17-16(21)11-24-19(2,3)18(17)22/h4-10,22H,11H2,1-3H3. The van der Waals surface area contributed by atoms with E-state index in [4.69, 9.17) is 4.74 Å². The lowest BCUT2D eigenvalue weighted by atomic mass is 9.88. The molecule has 0 amide bonds. The molecule has 0 unspecified atom stereocenters. The van der Waals surface area contributed by atoms with Gasteiger partial charge in [-0.3, -0.25) is 4.79 Å². The first-order valence-electron chi connectivity index (χ1n) is 7.72. The van der Waals surface area contributed by atoms with Crippen LogP contribution in [0.15, 0.2) is 48.4 Å². The molecule has 0 fully saturated rings. The number of hydrogen-bond acceptors (Lipinski definition) is 4. The molecule has 1 N–H and O–H groups in total. The minimum atomic E-state index is -0.920. The van der Waals surface area contributed by atoms with Gasteiger partial charge < -0.3 is 15.1 Å². The number of pyridine rings is 1. The Morgan fingerprint density at radius 3 is 2.71 bits per heavy atom. The first-order valence-corrected chi connectivity index (χ1v) is 7.72. The Kier molecular flexibility index (Phi) is 3.89. The number of ketones is 1. The molecule has 0 atom stereocenters. The third kappa shape index (κ3) is 2.67. The molecule has 1 aliphatic heterocycles. The van der Waals surface area contributed by atoms with Crippen LogP contribution in [0.4, 0.5) is 0 Å². The van der Waals surface area contributed by atoms with Crippen LogP contribution in [0.1, 0.15) is 25.0 Å². The summed E-state index contributed by atoms with van der Waals surface area (Å²) in [6.45, 7) is 5.22. The number of ether oxygens (including phenoxy) is 1. The molecule has 3 rings (SSSR count). The number of carbonyl (C=O) groups excluding carboxylic acids is 1. The Bertz CT molecular complexity index is 852. The van der Waals surface area contributed by atoms with Gasteiger partial charge in [0.1, 0.15) is 18.0 Å². The number of aliphatic hydroxyl groups is 1. The zero-order chi connectivity index (χ0) is 17.5. The molecule has 5 heteroatoms. The number of carbonyl (C=O) groups is 1. The van der Waals surface area contributed by atoms with Crippen molar-refractivity contribution in [2.45, 2.75) is 26.4 Å². The molecule has 0 aliphatic carbocycles. The van der Waals surface area contributed by atoms with Crippen molar-refractivity contribution < 1.29 is 19.4 Å². The van der Waals surface area contributed by atoms with Crippen LogP contribution in [0.5, 0.6) is 0 Å². The smallest absolute Gasteiger partial charge is 0.223 e. The molecule has 2 aromatic rings. The second kappa shape index (κ2) is 5.76. The average molecular weight is 325 g/mol. The lowest BCUT2D eigenvalue weighted by molar-refractivity contribution is -0.593. The summed E-state index contributed by atoms with van der Waals surface area (Å²) in [5.74, 6) is -0.350. The monoisotopic (exact) mass is 325 g/mol. The maximum atomic E-state index is 12.4. The SMILES string of the molecule is Cc1ccc(-c2cccc[n+]2[O-])cc1C1=C(O)C(C)(C)OCC1=O. The molecule has 0 bridgehead atoms. The van der Waals surface area contributed by atoms with Crippen molar-refractivity contribution in [3.63, 3.8) is 0 Å². The van der Waals surface area contributed by atoms with Gasteiger partial charge in [-0.25, -0.2) is 0 Å². The van der Waals surface area contributed by atoms with E-state index in [2.05, 4.69) is 0 Å². The summed E-state index contributed by atoms with van der Waals surface area (Å²) in [6, 6.07) is 10.6. The topological polar surface area (TPSA) is 73.5 Å². The van der Waals surface area contributed by atoms with Crippen molar-refractivity contribution in [3.8, 4) is 11.3 Å². The fourth-order valence-corrected chi connectivity index (χ4v) is 2.80. The highest BCUT2D eigenvalue weighted by molar-refractivity contribution is 6.23. The highest BCUT2D eigenvalue weighted by Gasteiger charge is 2.36. The largest absolute Gasteiger partial charge is 0.618 e.